The summed E-state index contributed by atoms with van der Waals surface area (Å²) in [5.41, 5.74) is 3.08. The minimum Gasteiger partial charge on any atom is -0.453 e. The second kappa shape index (κ2) is 21.9. The van der Waals surface area contributed by atoms with Crippen LogP contribution in [-0.4, -0.2) is 106 Å². The minimum absolute atomic E-state index is 0.103. The summed E-state index contributed by atoms with van der Waals surface area (Å²) in [6.45, 7) is 9.00. The standard InChI is InChI=1S/C57H66F4N10O6/c1-30(2)49(66-56(74)76-5)54(72)69-20-10-14-47(69)52-62-41-26-35(37(58)28-43(41)64-52)45-16-17-46(71(45)34-24-39(60)51(40(61)25-34)68-22-18-33(19-23-68)32-12-8-7-9-13-32)36-27-42-44(29-38(36)59)65-53(63-42)48-15-11-21-70(48)55(73)50(31(3)4)67-57(75)77-6/h7-9,12-13,24-31,33,45-50H,10-11,14-23H2,1-6H3,(H,62,64)(H,63,65)(H,66,74)(H,67,75)/t45-,46-,47+,48?,49+,50+/m1/s1. The number of alkyl carbamates (subject to hydrolysis) is 2. The van der Waals surface area contributed by atoms with Gasteiger partial charge in [-0.15, -0.1) is 0 Å². The largest absolute Gasteiger partial charge is 0.453 e. The van der Waals surface area contributed by atoms with Crippen molar-refractivity contribution in [3.63, 3.8) is 0 Å². The first kappa shape index (κ1) is 53.0. The highest BCUT2D eigenvalue weighted by Crippen LogP contribution is 2.50. The lowest BCUT2D eigenvalue weighted by molar-refractivity contribution is -0.136. The average Bonchev–Trinajstić information content (AvgIpc) is 4.36. The zero-order chi connectivity index (χ0) is 54.4. The number of H-pyrrole nitrogens is 2. The number of benzene rings is 4. The number of anilines is 2. The molecule has 0 saturated carbocycles. The van der Waals surface area contributed by atoms with Crippen LogP contribution < -0.4 is 20.4 Å². The molecule has 4 aromatic carbocycles. The van der Waals surface area contributed by atoms with Crippen molar-refractivity contribution >= 4 is 57.4 Å². The molecule has 10 rings (SSSR count). The maximum Gasteiger partial charge on any atom is 0.407 e. The summed E-state index contributed by atoms with van der Waals surface area (Å²) in [4.78, 5) is 75.4. The second-order valence-electron chi connectivity index (χ2n) is 21.6. The number of aromatic nitrogens is 4. The third-order valence-electron chi connectivity index (χ3n) is 16.2. The molecule has 0 radical (unpaired) electrons. The highest BCUT2D eigenvalue weighted by atomic mass is 19.1. The van der Waals surface area contributed by atoms with Gasteiger partial charge in [0.15, 0.2) is 11.6 Å². The lowest BCUT2D eigenvalue weighted by atomic mass is 9.89. The van der Waals surface area contributed by atoms with Crippen molar-refractivity contribution in [3.05, 3.63) is 118 Å². The van der Waals surface area contributed by atoms with Crippen LogP contribution in [0.1, 0.15) is 137 Å². The van der Waals surface area contributed by atoms with E-state index in [1.165, 1.54) is 44.0 Å². The molecule has 408 valence electrons. The third kappa shape index (κ3) is 10.3. The molecular weight excluding hydrogens is 997 g/mol. The van der Waals surface area contributed by atoms with Crippen LogP contribution in [0.15, 0.2) is 66.7 Å². The summed E-state index contributed by atoms with van der Waals surface area (Å²) >= 11 is 0. The Balaban J connectivity index is 0.994. The smallest absolute Gasteiger partial charge is 0.407 e. The molecule has 4 fully saturated rings. The Morgan fingerprint density at radius 3 is 1.47 bits per heavy atom. The Morgan fingerprint density at radius 1 is 0.584 bits per heavy atom. The zero-order valence-corrected chi connectivity index (χ0v) is 44.2. The van der Waals surface area contributed by atoms with Gasteiger partial charge < -0.3 is 49.7 Å². The first-order valence-electron chi connectivity index (χ1n) is 26.8. The first-order valence-corrected chi connectivity index (χ1v) is 26.8. The fourth-order valence-corrected chi connectivity index (χ4v) is 12.3. The number of halogens is 4. The number of hydrogen-bond acceptors (Lipinski definition) is 10. The topological polar surface area (TPSA) is 181 Å². The second-order valence-corrected chi connectivity index (χ2v) is 21.6. The van der Waals surface area contributed by atoms with Gasteiger partial charge in [-0.05, 0) is 98.9 Å². The van der Waals surface area contributed by atoms with Gasteiger partial charge in [-0.3, -0.25) is 9.59 Å². The lowest BCUT2D eigenvalue weighted by Crippen LogP contribution is -2.51. The van der Waals surface area contributed by atoms with Crippen LogP contribution in [0.2, 0.25) is 0 Å². The fraction of sp³-hybridized carbons (Fsp3) is 0.474. The first-order chi connectivity index (χ1) is 37.0. The van der Waals surface area contributed by atoms with Gasteiger partial charge >= 0.3 is 12.2 Å². The molecule has 6 aromatic rings. The van der Waals surface area contributed by atoms with Gasteiger partial charge in [0.1, 0.15) is 41.1 Å². The number of nitrogens with one attached hydrogen (secondary N) is 4. The molecule has 1 unspecified atom stereocenters. The van der Waals surface area contributed by atoms with Crippen LogP contribution >= 0.6 is 0 Å². The van der Waals surface area contributed by atoms with E-state index >= 15 is 17.6 Å². The van der Waals surface area contributed by atoms with Crippen molar-refractivity contribution in [2.24, 2.45) is 11.8 Å². The Hall–Kier alpha value is -7.38. The summed E-state index contributed by atoms with van der Waals surface area (Å²) in [5, 5.41) is 5.31. The van der Waals surface area contributed by atoms with Gasteiger partial charge in [0.2, 0.25) is 11.8 Å². The molecule has 2 aromatic heterocycles. The number of rotatable bonds is 13. The number of hydrogen-bond donors (Lipinski definition) is 4. The Bertz CT molecular complexity index is 3000. The molecule has 0 bridgehead atoms. The molecule has 0 aliphatic carbocycles. The molecule has 4 aliphatic heterocycles. The van der Waals surface area contributed by atoms with E-state index in [4.69, 9.17) is 19.4 Å². The van der Waals surface area contributed by atoms with Gasteiger partial charge in [0, 0.05) is 55.1 Å². The van der Waals surface area contributed by atoms with E-state index < -0.39 is 71.7 Å². The Labute approximate surface area is 444 Å². The maximum atomic E-state index is 17.0. The Morgan fingerprint density at radius 2 is 1.04 bits per heavy atom. The van der Waals surface area contributed by atoms with Crippen molar-refractivity contribution in [1.29, 1.82) is 0 Å². The van der Waals surface area contributed by atoms with Crippen molar-refractivity contribution in [2.45, 2.75) is 121 Å². The van der Waals surface area contributed by atoms with Crippen molar-refractivity contribution < 1.29 is 46.2 Å². The van der Waals surface area contributed by atoms with Crippen LogP contribution in [0.4, 0.5) is 38.5 Å². The van der Waals surface area contributed by atoms with E-state index in [0.29, 0.717) is 98.4 Å². The van der Waals surface area contributed by atoms with Crippen molar-refractivity contribution in [3.8, 4) is 0 Å². The SMILES string of the molecule is COC(=O)N[C@H](C(=O)N1CCCC1c1nc2cc(F)c([C@H]3CC[C@H](c4cc5[nH]c([C@@H]6CCCN6C(=O)[C@@H](NC(=O)OC)C(C)C)nc5cc4F)N3c3cc(F)c(N4CCC(c5ccccc5)CC4)c(F)c3)cc2[nH]1)C(C)C. The minimum atomic E-state index is -0.858. The molecule has 20 heteroatoms. The molecule has 4 N–H and O–H groups in total. The highest BCUT2D eigenvalue weighted by molar-refractivity contribution is 5.88. The number of likely N-dealkylation sites (tertiary alicyclic amines) is 2. The summed E-state index contributed by atoms with van der Waals surface area (Å²) in [6.07, 6.45) is 2.96. The fourth-order valence-electron chi connectivity index (χ4n) is 12.3. The van der Waals surface area contributed by atoms with Crippen LogP contribution in [0, 0.1) is 35.1 Å². The van der Waals surface area contributed by atoms with E-state index in [0.717, 1.165) is 0 Å². The third-order valence-corrected chi connectivity index (χ3v) is 16.2. The summed E-state index contributed by atoms with van der Waals surface area (Å²) in [7, 11) is 2.46. The average molecular weight is 1060 g/mol. The number of imidazole rings is 2. The number of aromatic amines is 2. The number of amides is 4. The summed E-state index contributed by atoms with van der Waals surface area (Å²) in [5.74, 6) is -2.81. The van der Waals surface area contributed by atoms with Gasteiger partial charge in [0.25, 0.3) is 0 Å². The van der Waals surface area contributed by atoms with Crippen molar-refractivity contribution in [1.82, 2.24) is 40.4 Å². The molecule has 16 nitrogen and oxygen atoms in total. The number of nitrogens with zero attached hydrogens (tertiary/aromatic N) is 6. The number of piperidine rings is 1. The predicted molar refractivity (Wildman–Crippen MR) is 282 cm³/mol. The normalized spacial score (nSPS) is 20.9. The van der Waals surface area contributed by atoms with E-state index in [2.05, 4.69) is 32.7 Å². The van der Waals surface area contributed by atoms with E-state index in [-0.39, 0.29) is 64.9 Å². The molecule has 6 atom stereocenters. The molecule has 4 saturated heterocycles. The van der Waals surface area contributed by atoms with Gasteiger partial charge in [0.05, 0.1) is 60.5 Å². The highest BCUT2D eigenvalue weighted by Gasteiger charge is 2.42. The monoisotopic (exact) mass is 1060 g/mol. The summed E-state index contributed by atoms with van der Waals surface area (Å²) < 4.78 is 77.2. The van der Waals surface area contributed by atoms with E-state index in [1.807, 2.05) is 45.9 Å². The lowest BCUT2D eigenvalue weighted by Gasteiger charge is -2.36. The molecule has 4 aliphatic rings. The number of carbonyl (C=O) groups excluding carboxylic acids is 4. The van der Waals surface area contributed by atoms with E-state index in [1.54, 1.807) is 31.7 Å². The van der Waals surface area contributed by atoms with Crippen LogP contribution in [0.5, 0.6) is 0 Å². The molecular formula is C57H66F4N10O6. The number of ether oxygens (including phenoxy) is 2. The quantitative estimate of drug-likeness (QED) is 0.0813. The number of carbonyl (C=O) groups is 4. The predicted octanol–water partition coefficient (Wildman–Crippen LogP) is 10.6. The van der Waals surface area contributed by atoms with Gasteiger partial charge in [-0.1, -0.05) is 58.0 Å². The Kier molecular flexibility index (Phi) is 15.1. The molecule has 77 heavy (non-hydrogen) atoms. The van der Waals surface area contributed by atoms with Gasteiger partial charge in [-0.25, -0.2) is 37.1 Å². The summed E-state index contributed by atoms with van der Waals surface area (Å²) in [6, 6.07) is 14.1. The van der Waals surface area contributed by atoms with Crippen molar-refractivity contribution in [2.75, 3.05) is 50.2 Å². The van der Waals surface area contributed by atoms with Crippen LogP contribution in [0.3, 0.4) is 0 Å². The van der Waals surface area contributed by atoms with Crippen LogP contribution in [0.25, 0.3) is 22.1 Å². The van der Waals surface area contributed by atoms with E-state index in [9.17, 15) is 19.2 Å². The molecule has 6 heterocycles. The number of fused-ring (bicyclic) bond motifs is 2. The van der Waals surface area contributed by atoms with Gasteiger partial charge in [-0.2, -0.15) is 0 Å². The van der Waals surface area contributed by atoms with Crippen LogP contribution in [-0.2, 0) is 19.1 Å². The molecule has 0 spiro atoms. The number of methoxy groups -OCH3 is 2. The zero-order valence-electron chi connectivity index (χ0n) is 44.2. The molecule has 4 amide bonds. The maximum absolute atomic E-state index is 17.0.